The van der Waals surface area contributed by atoms with E-state index in [0.29, 0.717) is 4.75 Å². The molecule has 3 heteroatoms. The third kappa shape index (κ3) is 3.62. The number of nitrogens with one attached hydrogen (secondary N) is 1. The first-order valence-electron chi connectivity index (χ1n) is 7.29. The van der Waals surface area contributed by atoms with Crippen LogP contribution in [0, 0.1) is 0 Å². The predicted octanol–water partition coefficient (Wildman–Crippen LogP) is 2.74. The van der Waals surface area contributed by atoms with Crippen LogP contribution in [0.5, 0.6) is 0 Å². The predicted molar refractivity (Wildman–Crippen MR) is 77.9 cm³/mol. The van der Waals surface area contributed by atoms with Crippen molar-refractivity contribution in [2.75, 3.05) is 32.4 Å². The van der Waals surface area contributed by atoms with Gasteiger partial charge in [-0.25, -0.2) is 0 Å². The van der Waals surface area contributed by atoms with Gasteiger partial charge in [0, 0.05) is 23.9 Å². The second-order valence-corrected chi connectivity index (χ2v) is 7.00. The number of nitrogens with zero attached hydrogens (tertiary/aromatic N) is 1. The Kier molecular flexibility index (Phi) is 5.19. The molecule has 0 aromatic heterocycles. The molecule has 1 atom stereocenters. The fraction of sp³-hybridized carbons (Fsp3) is 1.00. The van der Waals surface area contributed by atoms with Crippen LogP contribution in [0.1, 0.15) is 45.4 Å². The number of thioether (sulfide) groups is 1. The van der Waals surface area contributed by atoms with Gasteiger partial charge in [-0.05, 0) is 45.0 Å². The largest absolute Gasteiger partial charge is 0.313 e. The highest BCUT2D eigenvalue weighted by Crippen LogP contribution is 2.41. The van der Waals surface area contributed by atoms with Gasteiger partial charge in [0.25, 0.3) is 0 Å². The van der Waals surface area contributed by atoms with Crippen LogP contribution < -0.4 is 5.32 Å². The number of piperidine rings is 1. The standard InChI is InChI=1S/C14H28N2S/c1-3-15-13-7-6-10-16(11-13)12-14(17-2)8-4-5-9-14/h13,15H,3-12H2,1-2H3. The minimum Gasteiger partial charge on any atom is -0.313 e. The van der Waals surface area contributed by atoms with Crippen molar-refractivity contribution in [3.63, 3.8) is 0 Å². The molecule has 100 valence electrons. The molecule has 1 saturated heterocycles. The summed E-state index contributed by atoms with van der Waals surface area (Å²) in [6, 6.07) is 0.744. The van der Waals surface area contributed by atoms with Gasteiger partial charge in [0.05, 0.1) is 0 Å². The Balaban J connectivity index is 1.85. The summed E-state index contributed by atoms with van der Waals surface area (Å²) in [5, 5.41) is 3.62. The van der Waals surface area contributed by atoms with Crippen molar-refractivity contribution in [1.29, 1.82) is 0 Å². The molecule has 1 unspecified atom stereocenters. The molecule has 0 spiro atoms. The molecule has 2 fully saturated rings. The third-order valence-corrected chi connectivity index (χ3v) is 5.86. The maximum atomic E-state index is 3.62. The minimum atomic E-state index is 0.591. The average Bonchev–Trinajstić information content (AvgIpc) is 2.79. The van der Waals surface area contributed by atoms with Crippen LogP contribution in [0.2, 0.25) is 0 Å². The first-order chi connectivity index (χ1) is 8.28. The van der Waals surface area contributed by atoms with Gasteiger partial charge in [0.2, 0.25) is 0 Å². The number of likely N-dealkylation sites (N-methyl/N-ethyl adjacent to an activating group) is 1. The Hall–Kier alpha value is 0.270. The summed E-state index contributed by atoms with van der Waals surface area (Å²) in [5.41, 5.74) is 0. The van der Waals surface area contributed by atoms with E-state index >= 15 is 0 Å². The Morgan fingerprint density at radius 1 is 1.29 bits per heavy atom. The van der Waals surface area contributed by atoms with Gasteiger partial charge in [-0.15, -0.1) is 0 Å². The van der Waals surface area contributed by atoms with E-state index in [1.54, 1.807) is 0 Å². The molecule has 1 heterocycles. The van der Waals surface area contributed by atoms with Crippen LogP contribution >= 0.6 is 11.8 Å². The molecule has 2 aliphatic rings. The molecular weight excluding hydrogens is 228 g/mol. The van der Waals surface area contributed by atoms with Crippen molar-refractivity contribution in [1.82, 2.24) is 10.2 Å². The lowest BCUT2D eigenvalue weighted by Gasteiger charge is -2.39. The lowest BCUT2D eigenvalue weighted by atomic mass is 10.0. The zero-order valence-corrected chi connectivity index (χ0v) is 12.3. The second-order valence-electron chi connectivity index (χ2n) is 5.73. The topological polar surface area (TPSA) is 15.3 Å². The molecule has 0 radical (unpaired) electrons. The Labute approximate surface area is 111 Å². The lowest BCUT2D eigenvalue weighted by Crippen LogP contribution is -2.49. The first-order valence-corrected chi connectivity index (χ1v) is 8.51. The zero-order chi connectivity index (χ0) is 12.1. The smallest absolute Gasteiger partial charge is 0.0284 e. The van der Waals surface area contributed by atoms with E-state index in [1.165, 1.54) is 58.2 Å². The minimum absolute atomic E-state index is 0.591. The summed E-state index contributed by atoms with van der Waals surface area (Å²) in [6.07, 6.45) is 10.8. The van der Waals surface area contributed by atoms with E-state index in [1.807, 2.05) is 0 Å². The van der Waals surface area contributed by atoms with Gasteiger partial charge in [-0.2, -0.15) is 11.8 Å². The van der Waals surface area contributed by atoms with Crippen molar-refractivity contribution in [2.24, 2.45) is 0 Å². The highest BCUT2D eigenvalue weighted by molar-refractivity contribution is 8.00. The lowest BCUT2D eigenvalue weighted by molar-refractivity contribution is 0.176. The van der Waals surface area contributed by atoms with Crippen LogP contribution in [-0.2, 0) is 0 Å². The monoisotopic (exact) mass is 256 g/mol. The quantitative estimate of drug-likeness (QED) is 0.814. The van der Waals surface area contributed by atoms with E-state index in [2.05, 4.69) is 35.2 Å². The Morgan fingerprint density at radius 2 is 2.06 bits per heavy atom. The first kappa shape index (κ1) is 13.7. The van der Waals surface area contributed by atoms with Gasteiger partial charge < -0.3 is 10.2 Å². The Morgan fingerprint density at radius 3 is 2.71 bits per heavy atom. The van der Waals surface area contributed by atoms with Crippen molar-refractivity contribution in [3.8, 4) is 0 Å². The molecule has 0 amide bonds. The van der Waals surface area contributed by atoms with Gasteiger partial charge in [-0.1, -0.05) is 19.8 Å². The van der Waals surface area contributed by atoms with Crippen LogP contribution in [0.3, 0.4) is 0 Å². The third-order valence-electron chi connectivity index (χ3n) is 4.46. The number of hydrogen-bond donors (Lipinski definition) is 1. The van der Waals surface area contributed by atoms with E-state index in [-0.39, 0.29) is 0 Å². The van der Waals surface area contributed by atoms with Crippen molar-refractivity contribution < 1.29 is 0 Å². The van der Waals surface area contributed by atoms with Crippen LogP contribution in [0.15, 0.2) is 0 Å². The highest BCUT2D eigenvalue weighted by atomic mass is 32.2. The molecule has 2 rings (SSSR count). The summed E-state index contributed by atoms with van der Waals surface area (Å²) in [4.78, 5) is 2.72. The number of rotatable bonds is 5. The zero-order valence-electron chi connectivity index (χ0n) is 11.5. The molecule has 1 aliphatic carbocycles. The fourth-order valence-corrected chi connectivity index (χ4v) is 4.52. The molecule has 2 nitrogen and oxygen atoms in total. The van der Waals surface area contributed by atoms with Crippen LogP contribution in [0.25, 0.3) is 0 Å². The summed E-state index contributed by atoms with van der Waals surface area (Å²) in [7, 11) is 0. The second kappa shape index (κ2) is 6.44. The average molecular weight is 256 g/mol. The summed E-state index contributed by atoms with van der Waals surface area (Å²) < 4.78 is 0.591. The van der Waals surface area contributed by atoms with Gasteiger partial charge in [-0.3, -0.25) is 0 Å². The molecule has 0 aromatic rings. The van der Waals surface area contributed by atoms with Crippen molar-refractivity contribution in [3.05, 3.63) is 0 Å². The molecule has 1 saturated carbocycles. The summed E-state index contributed by atoms with van der Waals surface area (Å²) in [6.45, 7) is 7.27. The molecule has 17 heavy (non-hydrogen) atoms. The SMILES string of the molecule is CCNC1CCCN(CC2(SC)CCCC2)C1. The maximum Gasteiger partial charge on any atom is 0.0284 e. The maximum absolute atomic E-state index is 3.62. The molecule has 1 N–H and O–H groups in total. The van der Waals surface area contributed by atoms with E-state index in [9.17, 15) is 0 Å². The summed E-state index contributed by atoms with van der Waals surface area (Å²) in [5.74, 6) is 0. The van der Waals surface area contributed by atoms with E-state index in [0.717, 1.165) is 12.6 Å². The summed E-state index contributed by atoms with van der Waals surface area (Å²) >= 11 is 2.13. The number of likely N-dealkylation sites (tertiary alicyclic amines) is 1. The normalized spacial score (nSPS) is 29.6. The van der Waals surface area contributed by atoms with Crippen molar-refractivity contribution >= 4 is 11.8 Å². The van der Waals surface area contributed by atoms with Crippen molar-refractivity contribution in [2.45, 2.75) is 56.2 Å². The highest BCUT2D eigenvalue weighted by Gasteiger charge is 2.35. The van der Waals surface area contributed by atoms with E-state index in [4.69, 9.17) is 0 Å². The van der Waals surface area contributed by atoms with Gasteiger partial charge in [0.15, 0.2) is 0 Å². The van der Waals surface area contributed by atoms with Crippen LogP contribution in [-0.4, -0.2) is 48.1 Å². The Bertz CT molecular complexity index is 224. The molecule has 0 aromatic carbocycles. The molecule has 1 aliphatic heterocycles. The molecule has 0 bridgehead atoms. The van der Waals surface area contributed by atoms with Gasteiger partial charge >= 0.3 is 0 Å². The van der Waals surface area contributed by atoms with Crippen LogP contribution in [0.4, 0.5) is 0 Å². The fourth-order valence-electron chi connectivity index (χ4n) is 3.51. The van der Waals surface area contributed by atoms with Gasteiger partial charge in [0.1, 0.15) is 0 Å². The number of hydrogen-bond acceptors (Lipinski definition) is 3. The van der Waals surface area contributed by atoms with E-state index < -0.39 is 0 Å². The molecular formula is C14H28N2S.